The van der Waals surface area contributed by atoms with Crippen LogP contribution in [0.15, 0.2) is 59.5 Å². The minimum absolute atomic E-state index is 0.0447. The van der Waals surface area contributed by atoms with Crippen molar-refractivity contribution in [2.24, 2.45) is 0 Å². The van der Waals surface area contributed by atoms with E-state index in [-0.39, 0.29) is 18.1 Å². The van der Waals surface area contributed by atoms with Crippen molar-refractivity contribution in [1.82, 2.24) is 9.78 Å². The first-order valence-corrected chi connectivity index (χ1v) is 7.75. The summed E-state index contributed by atoms with van der Waals surface area (Å²) in [6.45, 7) is 3.79. The Labute approximate surface area is 139 Å². The second-order valence-corrected chi connectivity index (χ2v) is 5.73. The zero-order valence-corrected chi connectivity index (χ0v) is 13.6. The number of hydrogen-bond acceptors (Lipinski definition) is 4. The number of hydrogen-bond donors (Lipinski definition) is 0. The highest BCUT2D eigenvalue weighted by atomic mass is 16.5. The summed E-state index contributed by atoms with van der Waals surface area (Å²) in [5, 5.41) is 4.58. The number of esters is 1. The van der Waals surface area contributed by atoms with Crippen molar-refractivity contribution in [3.05, 3.63) is 76.1 Å². The number of carbonyl (C=O) groups is 1. The minimum atomic E-state index is -0.398. The van der Waals surface area contributed by atoms with Crippen LogP contribution in [-0.2, 0) is 16.1 Å². The quantitative estimate of drug-likeness (QED) is 0.693. The molecule has 0 amide bonds. The standard InChI is InChI=1S/C19H18N2O3/c1-13-6-5-7-15(10-13)14(2)24-19(23)12-21-17-9-4-3-8-16(17)18(22)11-20-21/h3-11,14H,12H2,1-2H3/t14-/m0/s1. The van der Waals surface area contributed by atoms with E-state index in [9.17, 15) is 9.59 Å². The van der Waals surface area contributed by atoms with Gasteiger partial charge in [-0.15, -0.1) is 0 Å². The molecule has 1 heterocycles. The first-order chi connectivity index (χ1) is 11.5. The van der Waals surface area contributed by atoms with Gasteiger partial charge in [-0.25, -0.2) is 0 Å². The Morgan fingerprint density at radius 3 is 2.79 bits per heavy atom. The Kier molecular flexibility index (Phi) is 4.42. The monoisotopic (exact) mass is 322 g/mol. The number of rotatable bonds is 4. The van der Waals surface area contributed by atoms with E-state index in [0.29, 0.717) is 10.9 Å². The van der Waals surface area contributed by atoms with E-state index in [0.717, 1.165) is 11.1 Å². The lowest BCUT2D eigenvalue weighted by molar-refractivity contribution is -0.149. The van der Waals surface area contributed by atoms with Gasteiger partial charge in [0.2, 0.25) is 5.43 Å². The topological polar surface area (TPSA) is 61.2 Å². The van der Waals surface area contributed by atoms with Crippen LogP contribution in [0.25, 0.3) is 10.9 Å². The molecule has 2 aromatic carbocycles. The van der Waals surface area contributed by atoms with Gasteiger partial charge in [0.15, 0.2) is 0 Å². The Morgan fingerprint density at radius 2 is 2.00 bits per heavy atom. The van der Waals surface area contributed by atoms with Crippen LogP contribution in [0.4, 0.5) is 0 Å². The summed E-state index contributed by atoms with van der Waals surface area (Å²) in [7, 11) is 0. The van der Waals surface area contributed by atoms with Gasteiger partial charge in [-0.05, 0) is 31.5 Å². The van der Waals surface area contributed by atoms with Gasteiger partial charge in [-0.2, -0.15) is 5.10 Å². The molecule has 0 bridgehead atoms. The summed E-state index contributed by atoms with van der Waals surface area (Å²) in [6, 6.07) is 14.9. The zero-order chi connectivity index (χ0) is 17.1. The van der Waals surface area contributed by atoms with Gasteiger partial charge in [0.05, 0.1) is 11.7 Å². The average molecular weight is 322 g/mol. The molecule has 0 fully saturated rings. The van der Waals surface area contributed by atoms with Crippen molar-refractivity contribution in [1.29, 1.82) is 0 Å². The highest BCUT2D eigenvalue weighted by molar-refractivity contribution is 5.79. The molecule has 1 atom stereocenters. The van der Waals surface area contributed by atoms with Crippen molar-refractivity contribution >= 4 is 16.9 Å². The molecule has 1 aromatic heterocycles. The second kappa shape index (κ2) is 6.66. The van der Waals surface area contributed by atoms with Crippen LogP contribution in [-0.4, -0.2) is 15.7 Å². The first kappa shape index (κ1) is 15.9. The van der Waals surface area contributed by atoms with E-state index in [1.165, 1.54) is 10.9 Å². The lowest BCUT2D eigenvalue weighted by atomic mass is 10.1. The summed E-state index contributed by atoms with van der Waals surface area (Å²) < 4.78 is 6.98. The van der Waals surface area contributed by atoms with Gasteiger partial charge in [0.1, 0.15) is 12.6 Å². The number of nitrogens with zero attached hydrogens (tertiary/aromatic N) is 2. The summed E-state index contributed by atoms with van der Waals surface area (Å²) in [5.41, 5.74) is 2.51. The number of benzene rings is 2. The molecule has 0 N–H and O–H groups in total. The molecule has 24 heavy (non-hydrogen) atoms. The lowest BCUT2D eigenvalue weighted by Crippen LogP contribution is -2.20. The minimum Gasteiger partial charge on any atom is -0.456 e. The van der Waals surface area contributed by atoms with Gasteiger partial charge in [0, 0.05) is 5.39 Å². The van der Waals surface area contributed by atoms with Crippen LogP contribution in [0.5, 0.6) is 0 Å². The number of aromatic nitrogens is 2. The normalized spacial score (nSPS) is 12.1. The molecule has 0 saturated heterocycles. The fourth-order valence-corrected chi connectivity index (χ4v) is 2.63. The predicted octanol–water partition coefficient (Wildman–Crippen LogP) is 3.01. The van der Waals surface area contributed by atoms with Crippen LogP contribution >= 0.6 is 0 Å². The van der Waals surface area contributed by atoms with E-state index in [4.69, 9.17) is 4.74 Å². The molecule has 3 aromatic rings. The summed E-state index contributed by atoms with van der Waals surface area (Å²) in [5.74, 6) is -0.398. The Balaban J connectivity index is 1.78. The number of ether oxygens (including phenoxy) is 1. The fraction of sp³-hybridized carbons (Fsp3) is 0.211. The largest absolute Gasteiger partial charge is 0.456 e. The van der Waals surface area contributed by atoms with Crippen LogP contribution < -0.4 is 5.43 Å². The summed E-state index contributed by atoms with van der Waals surface area (Å²) in [6.07, 6.45) is 0.877. The molecular weight excluding hydrogens is 304 g/mol. The number of fused-ring (bicyclic) bond motifs is 1. The van der Waals surface area contributed by atoms with E-state index < -0.39 is 5.97 Å². The van der Waals surface area contributed by atoms with E-state index in [1.807, 2.05) is 38.1 Å². The summed E-state index contributed by atoms with van der Waals surface area (Å²) in [4.78, 5) is 24.1. The molecule has 0 aliphatic heterocycles. The highest BCUT2D eigenvalue weighted by Gasteiger charge is 2.14. The molecule has 0 aliphatic carbocycles. The van der Waals surface area contributed by atoms with Gasteiger partial charge >= 0.3 is 5.97 Å². The van der Waals surface area contributed by atoms with Crippen LogP contribution in [0.2, 0.25) is 0 Å². The molecule has 3 rings (SSSR count). The molecule has 122 valence electrons. The predicted molar refractivity (Wildman–Crippen MR) is 91.7 cm³/mol. The lowest BCUT2D eigenvalue weighted by Gasteiger charge is -2.15. The second-order valence-electron chi connectivity index (χ2n) is 5.73. The third-order valence-electron chi connectivity index (χ3n) is 3.86. The van der Waals surface area contributed by atoms with Gasteiger partial charge < -0.3 is 4.74 Å². The third-order valence-corrected chi connectivity index (χ3v) is 3.86. The fourth-order valence-electron chi connectivity index (χ4n) is 2.63. The summed E-state index contributed by atoms with van der Waals surface area (Å²) >= 11 is 0. The zero-order valence-electron chi connectivity index (χ0n) is 13.6. The van der Waals surface area contributed by atoms with Crippen LogP contribution in [0.1, 0.15) is 24.2 Å². The van der Waals surface area contributed by atoms with Crippen molar-refractivity contribution in [3.8, 4) is 0 Å². The molecule has 0 spiro atoms. The maximum Gasteiger partial charge on any atom is 0.328 e. The SMILES string of the molecule is Cc1cccc([C@H](C)OC(=O)Cn2ncc(=O)c3ccccc32)c1. The van der Waals surface area contributed by atoms with E-state index in [2.05, 4.69) is 5.10 Å². The number of para-hydroxylation sites is 1. The Bertz CT molecular complexity index is 946. The number of carbonyl (C=O) groups excluding carboxylic acids is 1. The van der Waals surface area contributed by atoms with Gasteiger partial charge in [-0.3, -0.25) is 14.3 Å². The van der Waals surface area contributed by atoms with Crippen molar-refractivity contribution in [2.45, 2.75) is 26.5 Å². The first-order valence-electron chi connectivity index (χ1n) is 7.75. The van der Waals surface area contributed by atoms with E-state index in [1.54, 1.807) is 24.3 Å². The van der Waals surface area contributed by atoms with Crippen molar-refractivity contribution in [3.63, 3.8) is 0 Å². The third kappa shape index (κ3) is 3.35. The molecule has 5 heteroatoms. The molecule has 0 saturated carbocycles. The molecule has 5 nitrogen and oxygen atoms in total. The maximum atomic E-state index is 12.2. The smallest absolute Gasteiger partial charge is 0.328 e. The average Bonchev–Trinajstić information content (AvgIpc) is 2.57. The Hall–Kier alpha value is -2.95. The van der Waals surface area contributed by atoms with Crippen LogP contribution in [0.3, 0.4) is 0 Å². The maximum absolute atomic E-state index is 12.2. The highest BCUT2D eigenvalue weighted by Crippen LogP contribution is 2.18. The van der Waals surface area contributed by atoms with Crippen LogP contribution in [0, 0.1) is 6.92 Å². The van der Waals surface area contributed by atoms with Crippen molar-refractivity contribution < 1.29 is 9.53 Å². The molecule has 0 aliphatic rings. The Morgan fingerprint density at radius 1 is 1.21 bits per heavy atom. The molecule has 0 unspecified atom stereocenters. The van der Waals surface area contributed by atoms with Crippen molar-refractivity contribution in [2.75, 3.05) is 0 Å². The number of aryl methyl sites for hydroxylation is 1. The molecular formula is C19H18N2O3. The van der Waals surface area contributed by atoms with E-state index >= 15 is 0 Å². The van der Waals surface area contributed by atoms with Gasteiger partial charge in [-0.1, -0.05) is 42.0 Å². The van der Waals surface area contributed by atoms with Gasteiger partial charge in [0.25, 0.3) is 0 Å². The molecule has 0 radical (unpaired) electrons.